The van der Waals surface area contributed by atoms with Gasteiger partial charge in [0.05, 0.1) is 0 Å². The first-order chi connectivity index (χ1) is 35.0. The Morgan fingerprint density at radius 2 is 0.549 bits per heavy atom. The molecule has 404 valence electrons. The fourth-order valence-electron chi connectivity index (χ4n) is 7.86. The van der Waals surface area contributed by atoms with Crippen LogP contribution in [0.5, 0.6) is 0 Å². The molecule has 0 saturated heterocycles. The van der Waals surface area contributed by atoms with Gasteiger partial charge < -0.3 is 14.2 Å². The van der Waals surface area contributed by atoms with E-state index in [4.69, 9.17) is 14.2 Å². The van der Waals surface area contributed by atoms with E-state index in [1.807, 2.05) is 0 Å². The van der Waals surface area contributed by atoms with Crippen LogP contribution in [-0.4, -0.2) is 37.2 Å². The smallest absolute Gasteiger partial charge is 0.306 e. The van der Waals surface area contributed by atoms with E-state index in [9.17, 15) is 14.4 Å². The molecular formula is C65H108O6. The predicted molar refractivity (Wildman–Crippen MR) is 307 cm³/mol. The van der Waals surface area contributed by atoms with Crippen LogP contribution in [0, 0.1) is 0 Å². The van der Waals surface area contributed by atoms with E-state index in [0.29, 0.717) is 19.3 Å². The van der Waals surface area contributed by atoms with Crippen LogP contribution in [0.4, 0.5) is 0 Å². The van der Waals surface area contributed by atoms with E-state index in [0.717, 1.165) is 135 Å². The van der Waals surface area contributed by atoms with E-state index in [-0.39, 0.29) is 31.1 Å². The van der Waals surface area contributed by atoms with Gasteiger partial charge in [0.25, 0.3) is 0 Å². The van der Waals surface area contributed by atoms with Gasteiger partial charge in [-0.05, 0) is 109 Å². The van der Waals surface area contributed by atoms with Gasteiger partial charge in [-0.15, -0.1) is 0 Å². The Balaban J connectivity index is 4.23. The molecule has 0 aromatic carbocycles. The van der Waals surface area contributed by atoms with Crippen molar-refractivity contribution in [3.05, 3.63) is 109 Å². The SMILES string of the molecule is CC/C=C\C/C=C\C/C=C\C/C=C\C/C=C\C/C=C\C/C=C\C/C=C\CCCCCCCCC(=O)OCC(COC(=O)CCCCCCCCCCCC)OC(=O)CCCCCCC/C=C\CCCCC. The Hall–Kier alpha value is -3.93. The van der Waals surface area contributed by atoms with Crippen LogP contribution in [0.3, 0.4) is 0 Å². The highest BCUT2D eigenvalue weighted by atomic mass is 16.6. The monoisotopic (exact) mass is 985 g/mol. The average molecular weight is 986 g/mol. The number of hydrogen-bond donors (Lipinski definition) is 0. The van der Waals surface area contributed by atoms with E-state index in [1.54, 1.807) is 0 Å². The molecule has 1 atom stereocenters. The summed E-state index contributed by atoms with van der Waals surface area (Å²) in [5, 5.41) is 0. The maximum Gasteiger partial charge on any atom is 0.306 e. The van der Waals surface area contributed by atoms with Crippen LogP contribution in [0.15, 0.2) is 109 Å². The Morgan fingerprint density at radius 1 is 0.296 bits per heavy atom. The molecule has 0 spiro atoms. The Kier molecular flexibility index (Phi) is 55.4. The zero-order valence-electron chi connectivity index (χ0n) is 46.2. The molecule has 6 heteroatoms. The molecular weight excluding hydrogens is 877 g/mol. The van der Waals surface area contributed by atoms with Crippen molar-refractivity contribution in [2.45, 2.75) is 271 Å². The normalized spacial score (nSPS) is 12.9. The third-order valence-corrected chi connectivity index (χ3v) is 12.3. The number of rotatable bonds is 52. The number of esters is 3. The first-order valence-electron chi connectivity index (χ1n) is 29.4. The molecule has 1 unspecified atom stereocenters. The second-order valence-corrected chi connectivity index (χ2v) is 19.2. The van der Waals surface area contributed by atoms with Crippen LogP contribution in [0.1, 0.15) is 265 Å². The second kappa shape index (κ2) is 58.6. The molecule has 0 heterocycles. The first kappa shape index (κ1) is 67.1. The molecule has 0 saturated carbocycles. The molecule has 0 fully saturated rings. The summed E-state index contributed by atoms with van der Waals surface area (Å²) in [7, 11) is 0. The van der Waals surface area contributed by atoms with Gasteiger partial charge >= 0.3 is 17.9 Å². The summed E-state index contributed by atoms with van der Waals surface area (Å²) in [5.74, 6) is -0.911. The van der Waals surface area contributed by atoms with Gasteiger partial charge in [-0.3, -0.25) is 14.4 Å². The third kappa shape index (κ3) is 56.9. The molecule has 0 aliphatic carbocycles. The maximum atomic E-state index is 12.8. The number of allylic oxidation sites excluding steroid dienone is 18. The van der Waals surface area contributed by atoms with Crippen LogP contribution in [0.2, 0.25) is 0 Å². The van der Waals surface area contributed by atoms with Gasteiger partial charge in [0, 0.05) is 19.3 Å². The Morgan fingerprint density at radius 3 is 0.901 bits per heavy atom. The van der Waals surface area contributed by atoms with Crippen molar-refractivity contribution < 1.29 is 28.6 Å². The van der Waals surface area contributed by atoms with E-state index in [2.05, 4.69) is 130 Å². The van der Waals surface area contributed by atoms with Crippen LogP contribution < -0.4 is 0 Å². The molecule has 0 radical (unpaired) electrons. The summed E-state index contributed by atoms with van der Waals surface area (Å²) >= 11 is 0. The summed E-state index contributed by atoms with van der Waals surface area (Å²) < 4.78 is 16.8. The lowest BCUT2D eigenvalue weighted by molar-refractivity contribution is -0.167. The summed E-state index contributed by atoms with van der Waals surface area (Å²) in [6.45, 7) is 6.47. The Labute approximate surface area is 438 Å². The number of carbonyl (C=O) groups excluding carboxylic acids is 3. The number of ether oxygens (including phenoxy) is 3. The van der Waals surface area contributed by atoms with Crippen LogP contribution in [-0.2, 0) is 28.6 Å². The molecule has 6 nitrogen and oxygen atoms in total. The van der Waals surface area contributed by atoms with E-state index >= 15 is 0 Å². The number of hydrogen-bond acceptors (Lipinski definition) is 6. The van der Waals surface area contributed by atoms with Crippen molar-refractivity contribution in [2.24, 2.45) is 0 Å². The van der Waals surface area contributed by atoms with Gasteiger partial charge in [-0.25, -0.2) is 0 Å². The minimum Gasteiger partial charge on any atom is -0.462 e. The number of unbranched alkanes of at least 4 members (excludes halogenated alkanes) is 23. The van der Waals surface area contributed by atoms with Crippen molar-refractivity contribution in [1.29, 1.82) is 0 Å². The van der Waals surface area contributed by atoms with Crippen molar-refractivity contribution in [2.75, 3.05) is 13.2 Å². The Bertz CT molecular complexity index is 1460. The first-order valence-corrected chi connectivity index (χ1v) is 29.4. The second-order valence-electron chi connectivity index (χ2n) is 19.2. The predicted octanol–water partition coefficient (Wildman–Crippen LogP) is 19.9. The highest BCUT2D eigenvalue weighted by molar-refractivity contribution is 5.71. The van der Waals surface area contributed by atoms with Gasteiger partial charge in [0.2, 0.25) is 0 Å². The number of carbonyl (C=O) groups is 3. The maximum absolute atomic E-state index is 12.8. The highest BCUT2D eigenvalue weighted by Gasteiger charge is 2.19. The molecule has 71 heavy (non-hydrogen) atoms. The molecule has 0 bridgehead atoms. The highest BCUT2D eigenvalue weighted by Crippen LogP contribution is 2.14. The molecule has 0 rings (SSSR count). The van der Waals surface area contributed by atoms with E-state index < -0.39 is 6.10 Å². The lowest BCUT2D eigenvalue weighted by Gasteiger charge is -2.18. The lowest BCUT2D eigenvalue weighted by atomic mass is 10.1. The van der Waals surface area contributed by atoms with Crippen LogP contribution >= 0.6 is 0 Å². The van der Waals surface area contributed by atoms with E-state index in [1.165, 1.54) is 89.9 Å². The quantitative estimate of drug-likeness (QED) is 0.0261. The minimum absolute atomic E-state index is 0.0848. The summed E-state index contributed by atoms with van der Waals surface area (Å²) in [4.78, 5) is 38.0. The largest absolute Gasteiger partial charge is 0.462 e. The molecule has 0 aliphatic rings. The van der Waals surface area contributed by atoms with Gasteiger partial charge in [-0.2, -0.15) is 0 Å². The van der Waals surface area contributed by atoms with Crippen molar-refractivity contribution in [3.63, 3.8) is 0 Å². The van der Waals surface area contributed by atoms with Gasteiger partial charge in [-0.1, -0.05) is 246 Å². The van der Waals surface area contributed by atoms with Gasteiger partial charge in [0.15, 0.2) is 6.10 Å². The van der Waals surface area contributed by atoms with Gasteiger partial charge in [0.1, 0.15) is 13.2 Å². The molecule has 0 aromatic rings. The lowest BCUT2D eigenvalue weighted by Crippen LogP contribution is -2.30. The fourth-order valence-corrected chi connectivity index (χ4v) is 7.86. The summed E-state index contributed by atoms with van der Waals surface area (Å²) in [5.41, 5.74) is 0. The molecule has 0 N–H and O–H groups in total. The minimum atomic E-state index is -0.786. The fraction of sp³-hybridized carbons (Fsp3) is 0.677. The zero-order chi connectivity index (χ0) is 51.4. The zero-order valence-corrected chi connectivity index (χ0v) is 46.2. The summed E-state index contributed by atoms with van der Waals surface area (Å²) in [6, 6.07) is 0. The molecule has 0 amide bonds. The van der Waals surface area contributed by atoms with Crippen LogP contribution in [0.25, 0.3) is 0 Å². The van der Waals surface area contributed by atoms with Crippen molar-refractivity contribution in [1.82, 2.24) is 0 Å². The standard InChI is InChI=1S/C65H108O6/c1-4-7-10-13-16-19-22-24-25-26-27-28-29-30-31-32-33-34-35-36-37-38-39-40-41-42-44-46-49-52-55-58-64(67)70-61-62(60-69-63(66)57-54-51-48-45-21-18-15-12-9-6-3)71-65(68)59-56-53-50-47-43-23-20-17-14-11-8-5-2/h7,10,16-17,19-20,24-25,27-28,30-31,33-34,36-37,39-40,62H,4-6,8-9,11-15,18,21-23,26,29,32,35,38,41-61H2,1-3H3/b10-7-,19-16-,20-17-,25-24-,28-27-,31-30-,34-33-,37-36-,40-39-. The van der Waals surface area contributed by atoms with Crippen molar-refractivity contribution in [3.8, 4) is 0 Å². The third-order valence-electron chi connectivity index (χ3n) is 12.3. The average Bonchev–Trinajstić information content (AvgIpc) is 3.37. The topological polar surface area (TPSA) is 78.9 Å². The molecule has 0 aromatic heterocycles. The molecule has 0 aliphatic heterocycles. The summed E-state index contributed by atoms with van der Waals surface area (Å²) in [6.07, 6.45) is 79.5. The van der Waals surface area contributed by atoms with Crippen molar-refractivity contribution >= 4 is 17.9 Å².